The van der Waals surface area contributed by atoms with Gasteiger partial charge < -0.3 is 4.74 Å². The lowest BCUT2D eigenvalue weighted by molar-refractivity contribution is 0.0526. The molecule has 0 unspecified atom stereocenters. The average Bonchev–Trinajstić information content (AvgIpc) is 2.64. The molecule has 0 saturated carbocycles. The summed E-state index contributed by atoms with van der Waals surface area (Å²) in [7, 11) is -0.638. The molecule has 0 heterocycles. The number of rotatable bonds is 5. The Balaban J connectivity index is 1.99. The van der Waals surface area contributed by atoms with Crippen LogP contribution in [0.4, 0.5) is 0 Å². The topological polar surface area (TPSA) is 26.3 Å². The largest absolute Gasteiger partial charge is 0.462 e. The molecule has 0 atom stereocenters. The number of hydrogen-bond donors (Lipinski definition) is 0. The van der Waals surface area contributed by atoms with E-state index >= 15 is 0 Å². The molecule has 0 spiro atoms. The second kappa shape index (κ2) is 7.90. The predicted molar refractivity (Wildman–Crippen MR) is 101 cm³/mol. The van der Waals surface area contributed by atoms with Gasteiger partial charge in [-0.2, -0.15) is 0 Å². The van der Waals surface area contributed by atoms with Crippen molar-refractivity contribution >= 4 is 29.8 Å². The summed E-state index contributed by atoms with van der Waals surface area (Å²) in [6.07, 6.45) is 0. The van der Waals surface area contributed by atoms with Gasteiger partial charge in [-0.15, -0.1) is 0 Å². The zero-order valence-electron chi connectivity index (χ0n) is 13.6. The molecule has 3 rings (SSSR count). The highest BCUT2D eigenvalue weighted by molar-refractivity contribution is 7.79. The van der Waals surface area contributed by atoms with E-state index in [-0.39, 0.29) is 5.97 Å². The first-order valence-electron chi connectivity index (χ1n) is 7.97. The predicted octanol–water partition coefficient (Wildman–Crippen LogP) is 3.62. The Bertz CT molecular complexity index is 744. The zero-order valence-corrected chi connectivity index (χ0v) is 14.4. The number of carbonyl (C=O) groups excluding carboxylic acids is 1. The Morgan fingerprint density at radius 1 is 0.750 bits per heavy atom. The minimum Gasteiger partial charge on any atom is -0.462 e. The van der Waals surface area contributed by atoms with Crippen LogP contribution in [0.2, 0.25) is 0 Å². The Hall–Kier alpha value is -2.44. The molecule has 0 aliphatic carbocycles. The third kappa shape index (κ3) is 3.72. The van der Waals surface area contributed by atoms with Gasteiger partial charge in [-0.05, 0) is 42.9 Å². The van der Waals surface area contributed by atoms with Crippen molar-refractivity contribution in [3.8, 4) is 0 Å². The Labute approximate surface area is 143 Å². The van der Waals surface area contributed by atoms with Gasteiger partial charge in [0.15, 0.2) is 0 Å². The molecule has 0 fully saturated rings. The summed E-state index contributed by atoms with van der Waals surface area (Å²) in [5.41, 5.74) is 0.594. The van der Waals surface area contributed by atoms with Crippen LogP contribution in [-0.2, 0) is 4.74 Å². The van der Waals surface area contributed by atoms with E-state index in [1.54, 1.807) is 0 Å². The number of hydrogen-bond acceptors (Lipinski definition) is 2. The van der Waals surface area contributed by atoms with Gasteiger partial charge in [0.1, 0.15) is 0 Å². The summed E-state index contributed by atoms with van der Waals surface area (Å²) < 4.78 is 5.06. The Morgan fingerprint density at radius 2 is 1.21 bits per heavy atom. The third-order valence-electron chi connectivity index (χ3n) is 3.67. The second-order valence-electron chi connectivity index (χ2n) is 5.27. The van der Waals surface area contributed by atoms with Crippen LogP contribution >= 0.6 is 7.92 Å². The monoisotopic (exact) mass is 334 g/mol. The molecule has 3 aromatic carbocycles. The van der Waals surface area contributed by atoms with Gasteiger partial charge in [0.2, 0.25) is 0 Å². The highest BCUT2D eigenvalue weighted by Crippen LogP contribution is 2.32. The molecular formula is C21H19O2P. The molecule has 0 aliphatic rings. The van der Waals surface area contributed by atoms with Crippen molar-refractivity contribution in [1.82, 2.24) is 0 Å². The Morgan fingerprint density at radius 3 is 1.67 bits per heavy atom. The highest BCUT2D eigenvalue weighted by atomic mass is 31.1. The number of carbonyl (C=O) groups is 1. The van der Waals surface area contributed by atoms with Gasteiger partial charge in [0.05, 0.1) is 12.2 Å². The number of esters is 1. The van der Waals surface area contributed by atoms with Gasteiger partial charge in [0.25, 0.3) is 0 Å². The van der Waals surface area contributed by atoms with Crippen molar-refractivity contribution in [2.24, 2.45) is 0 Å². The molecule has 0 saturated heterocycles. The summed E-state index contributed by atoms with van der Waals surface area (Å²) in [5.74, 6) is -0.271. The minimum absolute atomic E-state index is 0.271. The van der Waals surface area contributed by atoms with Crippen molar-refractivity contribution in [3.63, 3.8) is 0 Å². The maximum atomic E-state index is 11.8. The fourth-order valence-corrected chi connectivity index (χ4v) is 4.84. The minimum atomic E-state index is -0.638. The van der Waals surface area contributed by atoms with Crippen molar-refractivity contribution in [2.75, 3.05) is 6.61 Å². The standard InChI is InChI=1S/C21H19O2P/c1-2-23-21(22)17-13-15-20(16-14-17)24(18-9-5-3-6-10-18)19-11-7-4-8-12-19/h3-16H,2H2,1H3. The molecule has 0 aliphatic heterocycles. The molecule has 3 aromatic rings. The van der Waals surface area contributed by atoms with E-state index in [0.29, 0.717) is 12.2 Å². The summed E-state index contributed by atoms with van der Waals surface area (Å²) in [6, 6.07) is 28.8. The normalized spacial score (nSPS) is 10.6. The molecule has 0 radical (unpaired) electrons. The van der Waals surface area contributed by atoms with Crippen molar-refractivity contribution in [3.05, 3.63) is 90.5 Å². The van der Waals surface area contributed by atoms with Crippen LogP contribution in [-0.4, -0.2) is 12.6 Å². The third-order valence-corrected chi connectivity index (χ3v) is 6.11. The van der Waals surface area contributed by atoms with Gasteiger partial charge >= 0.3 is 5.97 Å². The smallest absolute Gasteiger partial charge is 0.338 e. The average molecular weight is 334 g/mol. The summed E-state index contributed by atoms with van der Waals surface area (Å²) >= 11 is 0. The van der Waals surface area contributed by atoms with Crippen LogP contribution in [0.5, 0.6) is 0 Å². The van der Waals surface area contributed by atoms with Crippen LogP contribution in [0, 0.1) is 0 Å². The summed E-state index contributed by atoms with van der Waals surface area (Å²) in [4.78, 5) is 11.8. The van der Waals surface area contributed by atoms with Crippen molar-refractivity contribution in [1.29, 1.82) is 0 Å². The van der Waals surface area contributed by atoms with E-state index < -0.39 is 7.92 Å². The molecule has 120 valence electrons. The molecule has 0 bridgehead atoms. The maximum absolute atomic E-state index is 11.8. The molecular weight excluding hydrogens is 315 g/mol. The lowest BCUT2D eigenvalue weighted by atomic mass is 10.2. The van der Waals surface area contributed by atoms with Crippen LogP contribution in [0.25, 0.3) is 0 Å². The molecule has 0 aromatic heterocycles. The fraction of sp³-hybridized carbons (Fsp3) is 0.0952. The van der Waals surface area contributed by atoms with E-state index in [2.05, 4.69) is 48.5 Å². The van der Waals surface area contributed by atoms with Gasteiger partial charge in [-0.1, -0.05) is 72.8 Å². The molecule has 2 nitrogen and oxygen atoms in total. The van der Waals surface area contributed by atoms with E-state index in [1.165, 1.54) is 15.9 Å². The van der Waals surface area contributed by atoms with Crippen molar-refractivity contribution < 1.29 is 9.53 Å². The van der Waals surface area contributed by atoms with Crippen LogP contribution in [0.15, 0.2) is 84.9 Å². The lowest BCUT2D eigenvalue weighted by Crippen LogP contribution is -2.20. The molecule has 3 heteroatoms. The van der Waals surface area contributed by atoms with Crippen molar-refractivity contribution in [2.45, 2.75) is 6.92 Å². The van der Waals surface area contributed by atoms with Gasteiger partial charge in [0, 0.05) is 0 Å². The second-order valence-corrected chi connectivity index (χ2v) is 7.49. The highest BCUT2D eigenvalue weighted by Gasteiger charge is 2.16. The quantitative estimate of drug-likeness (QED) is 0.526. The maximum Gasteiger partial charge on any atom is 0.338 e. The molecule has 24 heavy (non-hydrogen) atoms. The van der Waals surface area contributed by atoms with Crippen LogP contribution in [0.1, 0.15) is 17.3 Å². The SMILES string of the molecule is CCOC(=O)c1ccc(P(c2ccccc2)c2ccccc2)cc1. The van der Waals surface area contributed by atoms with Crippen LogP contribution < -0.4 is 15.9 Å². The van der Waals surface area contributed by atoms with E-state index in [9.17, 15) is 4.79 Å². The van der Waals surface area contributed by atoms with Gasteiger partial charge in [-0.3, -0.25) is 0 Å². The first kappa shape index (κ1) is 16.4. The number of benzene rings is 3. The van der Waals surface area contributed by atoms with Gasteiger partial charge in [-0.25, -0.2) is 4.79 Å². The fourth-order valence-electron chi connectivity index (χ4n) is 2.56. The lowest BCUT2D eigenvalue weighted by Gasteiger charge is -2.19. The zero-order chi connectivity index (χ0) is 16.8. The van der Waals surface area contributed by atoms with Crippen LogP contribution in [0.3, 0.4) is 0 Å². The molecule has 0 N–H and O–H groups in total. The van der Waals surface area contributed by atoms with E-state index in [1.807, 2.05) is 43.3 Å². The number of ether oxygens (including phenoxy) is 1. The first-order chi connectivity index (χ1) is 11.8. The molecule has 0 amide bonds. The Kier molecular flexibility index (Phi) is 5.40. The summed E-state index contributed by atoms with van der Waals surface area (Å²) in [6.45, 7) is 2.21. The first-order valence-corrected chi connectivity index (χ1v) is 9.31. The van der Waals surface area contributed by atoms with E-state index in [4.69, 9.17) is 4.74 Å². The van der Waals surface area contributed by atoms with E-state index in [0.717, 1.165) is 0 Å². The summed E-state index contributed by atoms with van der Waals surface area (Å²) in [5, 5.41) is 3.81.